The van der Waals surface area contributed by atoms with E-state index >= 15 is 0 Å². The molecule has 118 valence electrons. The number of thiazole rings is 1. The Bertz CT molecular complexity index is 894. The fourth-order valence-electron chi connectivity index (χ4n) is 1.90. The van der Waals surface area contributed by atoms with Gasteiger partial charge in [-0.15, -0.1) is 11.3 Å². The van der Waals surface area contributed by atoms with Gasteiger partial charge in [0, 0.05) is 28.4 Å². The summed E-state index contributed by atoms with van der Waals surface area (Å²) in [6.45, 7) is 0.140. The van der Waals surface area contributed by atoms with Crippen molar-refractivity contribution in [2.75, 3.05) is 0 Å². The summed E-state index contributed by atoms with van der Waals surface area (Å²) in [5.74, 6) is 0. The molecule has 3 rings (SSSR count). The van der Waals surface area contributed by atoms with Crippen LogP contribution < -0.4 is 4.72 Å². The Morgan fingerprint density at radius 1 is 1.09 bits per heavy atom. The van der Waals surface area contributed by atoms with Crippen molar-refractivity contribution in [3.63, 3.8) is 0 Å². The van der Waals surface area contributed by atoms with Crippen molar-refractivity contribution in [1.29, 1.82) is 0 Å². The Morgan fingerprint density at radius 2 is 1.78 bits per heavy atom. The lowest BCUT2D eigenvalue weighted by molar-refractivity contribution is 0.581. The molecular weight excluding hydrogens is 354 g/mol. The Morgan fingerprint density at radius 3 is 2.48 bits per heavy atom. The van der Waals surface area contributed by atoms with E-state index in [-0.39, 0.29) is 11.4 Å². The van der Waals surface area contributed by atoms with Crippen molar-refractivity contribution in [1.82, 2.24) is 14.7 Å². The molecule has 23 heavy (non-hydrogen) atoms. The Balaban J connectivity index is 1.71. The minimum atomic E-state index is -3.58. The number of hydrogen-bond acceptors (Lipinski definition) is 5. The Kier molecular flexibility index (Phi) is 4.72. The number of benzene rings is 1. The molecule has 0 spiro atoms. The third-order valence-electron chi connectivity index (χ3n) is 3.07. The predicted molar refractivity (Wildman–Crippen MR) is 90.8 cm³/mol. The average molecular weight is 366 g/mol. The van der Waals surface area contributed by atoms with E-state index in [1.54, 1.807) is 24.5 Å². The van der Waals surface area contributed by atoms with Crippen LogP contribution in [0.5, 0.6) is 0 Å². The fourth-order valence-corrected chi connectivity index (χ4v) is 3.85. The zero-order chi connectivity index (χ0) is 16.3. The smallest absolute Gasteiger partial charge is 0.240 e. The standard InChI is InChI=1S/C15H12ClN3O2S2/c16-12-1-3-13(4-2-12)23(20,21)18-9-15-19-14(10-22-15)11-5-7-17-8-6-11/h1-8,10,18H,9H2. The van der Waals surface area contributed by atoms with Gasteiger partial charge in [-0.05, 0) is 36.4 Å². The maximum atomic E-state index is 12.2. The van der Waals surface area contributed by atoms with Crippen LogP contribution in [0.15, 0.2) is 59.1 Å². The van der Waals surface area contributed by atoms with E-state index < -0.39 is 10.0 Å². The summed E-state index contributed by atoms with van der Waals surface area (Å²) in [6, 6.07) is 9.74. The zero-order valence-electron chi connectivity index (χ0n) is 11.8. The average Bonchev–Trinajstić information content (AvgIpc) is 3.03. The van der Waals surface area contributed by atoms with Crippen LogP contribution in [0.2, 0.25) is 5.02 Å². The number of nitrogens with zero attached hydrogens (tertiary/aromatic N) is 2. The van der Waals surface area contributed by atoms with Crippen molar-refractivity contribution in [3.05, 3.63) is 64.2 Å². The van der Waals surface area contributed by atoms with Gasteiger partial charge >= 0.3 is 0 Å². The maximum absolute atomic E-state index is 12.2. The molecule has 8 heteroatoms. The molecule has 0 saturated carbocycles. The quantitative estimate of drug-likeness (QED) is 0.752. The van der Waals surface area contributed by atoms with Gasteiger partial charge in [0.15, 0.2) is 0 Å². The van der Waals surface area contributed by atoms with E-state index in [0.717, 1.165) is 11.3 Å². The fraction of sp³-hybridized carbons (Fsp3) is 0.0667. The molecule has 1 aromatic carbocycles. The molecule has 0 amide bonds. The summed E-state index contributed by atoms with van der Waals surface area (Å²) < 4.78 is 27.0. The van der Waals surface area contributed by atoms with Gasteiger partial charge in [0.25, 0.3) is 0 Å². The number of hydrogen-bond donors (Lipinski definition) is 1. The summed E-state index contributed by atoms with van der Waals surface area (Å²) in [4.78, 5) is 8.57. The molecule has 0 aliphatic rings. The highest BCUT2D eigenvalue weighted by atomic mass is 35.5. The van der Waals surface area contributed by atoms with Crippen LogP contribution in [0.1, 0.15) is 5.01 Å². The van der Waals surface area contributed by atoms with E-state index in [4.69, 9.17) is 11.6 Å². The lowest BCUT2D eigenvalue weighted by Gasteiger charge is -2.05. The van der Waals surface area contributed by atoms with Crippen LogP contribution in [-0.2, 0) is 16.6 Å². The largest absolute Gasteiger partial charge is 0.265 e. The molecule has 0 radical (unpaired) electrons. The summed E-state index contributed by atoms with van der Waals surface area (Å²) in [5, 5.41) is 3.07. The van der Waals surface area contributed by atoms with E-state index in [0.29, 0.717) is 10.0 Å². The third kappa shape index (κ3) is 3.94. The molecule has 5 nitrogen and oxygen atoms in total. The first-order valence-electron chi connectivity index (χ1n) is 6.65. The van der Waals surface area contributed by atoms with Crippen LogP contribution >= 0.6 is 22.9 Å². The van der Waals surface area contributed by atoms with Gasteiger partial charge in [-0.25, -0.2) is 18.1 Å². The first-order chi connectivity index (χ1) is 11.0. The van der Waals surface area contributed by atoms with Crippen LogP contribution in [0.4, 0.5) is 0 Å². The van der Waals surface area contributed by atoms with Gasteiger partial charge in [-0.2, -0.15) is 0 Å². The summed E-state index contributed by atoms with van der Waals surface area (Å²) in [6.07, 6.45) is 3.38. The molecule has 0 fully saturated rings. The molecule has 3 aromatic rings. The normalized spacial score (nSPS) is 11.5. The van der Waals surface area contributed by atoms with Crippen molar-refractivity contribution < 1.29 is 8.42 Å². The monoisotopic (exact) mass is 365 g/mol. The topological polar surface area (TPSA) is 72.0 Å². The van der Waals surface area contributed by atoms with Crippen molar-refractivity contribution in [2.24, 2.45) is 0 Å². The lowest BCUT2D eigenvalue weighted by Crippen LogP contribution is -2.23. The molecular formula is C15H12ClN3O2S2. The summed E-state index contributed by atoms with van der Waals surface area (Å²) in [5.41, 5.74) is 1.75. The van der Waals surface area contributed by atoms with Gasteiger partial charge in [0.05, 0.1) is 17.1 Å². The molecule has 0 aliphatic carbocycles. The molecule has 0 unspecified atom stereocenters. The van der Waals surface area contributed by atoms with Crippen LogP contribution in [0, 0.1) is 0 Å². The SMILES string of the molecule is O=S(=O)(NCc1nc(-c2ccncc2)cs1)c1ccc(Cl)cc1. The highest BCUT2D eigenvalue weighted by molar-refractivity contribution is 7.89. The van der Waals surface area contributed by atoms with E-state index in [1.165, 1.54) is 23.5 Å². The highest BCUT2D eigenvalue weighted by Crippen LogP contribution is 2.21. The van der Waals surface area contributed by atoms with Crippen molar-refractivity contribution in [2.45, 2.75) is 11.4 Å². The van der Waals surface area contributed by atoms with E-state index in [1.807, 2.05) is 17.5 Å². The molecule has 2 aromatic heterocycles. The first-order valence-corrected chi connectivity index (χ1v) is 9.39. The lowest BCUT2D eigenvalue weighted by atomic mass is 10.2. The molecule has 0 atom stereocenters. The number of aromatic nitrogens is 2. The van der Waals surface area contributed by atoms with E-state index in [9.17, 15) is 8.42 Å². The Hall–Kier alpha value is -1.80. The maximum Gasteiger partial charge on any atom is 0.240 e. The number of halogens is 1. The van der Waals surface area contributed by atoms with Gasteiger partial charge in [0.1, 0.15) is 5.01 Å². The van der Waals surface area contributed by atoms with Gasteiger partial charge in [-0.1, -0.05) is 11.6 Å². The molecule has 0 saturated heterocycles. The highest BCUT2D eigenvalue weighted by Gasteiger charge is 2.14. The second-order valence-electron chi connectivity index (χ2n) is 4.64. The van der Waals surface area contributed by atoms with Crippen LogP contribution in [-0.4, -0.2) is 18.4 Å². The minimum absolute atomic E-state index is 0.140. The zero-order valence-corrected chi connectivity index (χ0v) is 14.2. The Labute approximate surface area is 143 Å². The predicted octanol–water partition coefficient (Wildman–Crippen LogP) is 3.34. The summed E-state index contributed by atoms with van der Waals surface area (Å²) >= 11 is 7.17. The molecule has 0 bridgehead atoms. The first kappa shape index (κ1) is 16.1. The van der Waals surface area contributed by atoms with Crippen LogP contribution in [0.3, 0.4) is 0 Å². The second-order valence-corrected chi connectivity index (χ2v) is 7.79. The minimum Gasteiger partial charge on any atom is -0.265 e. The van der Waals surface area contributed by atoms with Gasteiger partial charge in [0.2, 0.25) is 10.0 Å². The second kappa shape index (κ2) is 6.76. The summed E-state index contributed by atoms with van der Waals surface area (Å²) in [7, 11) is -3.58. The molecule has 2 heterocycles. The third-order valence-corrected chi connectivity index (χ3v) is 5.58. The van der Waals surface area contributed by atoms with Crippen molar-refractivity contribution >= 4 is 33.0 Å². The number of nitrogens with one attached hydrogen (secondary N) is 1. The van der Waals surface area contributed by atoms with Gasteiger partial charge < -0.3 is 0 Å². The van der Waals surface area contributed by atoms with Crippen LogP contribution in [0.25, 0.3) is 11.3 Å². The number of pyridine rings is 1. The van der Waals surface area contributed by atoms with Crippen molar-refractivity contribution in [3.8, 4) is 11.3 Å². The molecule has 0 aliphatic heterocycles. The van der Waals surface area contributed by atoms with Gasteiger partial charge in [-0.3, -0.25) is 4.98 Å². The number of sulfonamides is 1. The molecule has 1 N–H and O–H groups in total. The van der Waals surface area contributed by atoms with E-state index in [2.05, 4.69) is 14.7 Å². The number of rotatable bonds is 5.